The van der Waals surface area contributed by atoms with Crippen molar-refractivity contribution in [2.24, 2.45) is 5.92 Å². The molecule has 1 aromatic rings. The van der Waals surface area contributed by atoms with Crippen LogP contribution in [-0.4, -0.2) is 60.8 Å². The first-order valence-electron chi connectivity index (χ1n) is 10.4. The smallest absolute Gasteiger partial charge is 0.173 e. The van der Waals surface area contributed by atoms with Crippen LogP contribution in [0.5, 0.6) is 0 Å². The van der Waals surface area contributed by atoms with Crippen molar-refractivity contribution in [3.8, 4) is 0 Å². The van der Waals surface area contributed by atoms with Gasteiger partial charge in [0.1, 0.15) is 0 Å². The second-order valence-electron chi connectivity index (χ2n) is 7.79. The number of nitrogens with zero attached hydrogens (tertiary/aromatic N) is 2. The fraction of sp³-hybridized carbons (Fsp3) is 0.591. The number of thiocarbonyl (C=S) groups is 1. The summed E-state index contributed by atoms with van der Waals surface area (Å²) in [6.07, 6.45) is 9.30. The predicted molar refractivity (Wildman–Crippen MR) is 122 cm³/mol. The highest BCUT2D eigenvalue weighted by molar-refractivity contribution is 7.80. The monoisotopic (exact) mass is 421 g/mol. The number of benzene rings is 1. The molecular weight excluding hydrogens is 390 g/mol. The van der Waals surface area contributed by atoms with E-state index < -0.39 is 0 Å². The summed E-state index contributed by atoms with van der Waals surface area (Å²) in [6.45, 7) is 8.95. The van der Waals surface area contributed by atoms with Gasteiger partial charge in [-0.15, -0.1) is 0 Å². The van der Waals surface area contributed by atoms with Crippen LogP contribution in [0.15, 0.2) is 30.4 Å². The summed E-state index contributed by atoms with van der Waals surface area (Å²) in [7, 11) is 0. The molecule has 2 aliphatic rings. The Labute approximate surface area is 179 Å². The van der Waals surface area contributed by atoms with E-state index in [1.54, 1.807) is 0 Å². The van der Waals surface area contributed by atoms with E-state index in [1.807, 2.05) is 18.2 Å². The highest BCUT2D eigenvalue weighted by Crippen LogP contribution is 2.23. The number of ether oxygens (including phenoxy) is 1. The van der Waals surface area contributed by atoms with Crippen molar-refractivity contribution in [1.29, 1.82) is 0 Å². The van der Waals surface area contributed by atoms with Crippen molar-refractivity contribution in [3.05, 3.63) is 40.9 Å². The highest BCUT2D eigenvalue weighted by Gasteiger charge is 2.19. The Balaban J connectivity index is 1.59. The molecule has 28 heavy (non-hydrogen) atoms. The number of anilines is 1. The zero-order valence-electron chi connectivity index (χ0n) is 16.8. The van der Waals surface area contributed by atoms with Crippen molar-refractivity contribution in [3.63, 3.8) is 0 Å². The summed E-state index contributed by atoms with van der Waals surface area (Å²) in [5, 5.41) is 4.99. The number of morpholine rings is 1. The maximum Gasteiger partial charge on any atom is 0.173 e. The van der Waals surface area contributed by atoms with E-state index in [0.29, 0.717) is 5.92 Å². The molecule has 6 heteroatoms. The van der Waals surface area contributed by atoms with Gasteiger partial charge in [-0.1, -0.05) is 29.8 Å². The summed E-state index contributed by atoms with van der Waals surface area (Å²) in [5.41, 5.74) is 2.15. The normalized spacial score (nSPS) is 20.1. The van der Waals surface area contributed by atoms with Crippen molar-refractivity contribution in [2.45, 2.75) is 32.6 Å². The molecule has 0 spiro atoms. The average molecular weight is 422 g/mol. The van der Waals surface area contributed by atoms with Crippen LogP contribution < -0.4 is 5.32 Å². The van der Waals surface area contributed by atoms with E-state index in [-0.39, 0.29) is 0 Å². The number of aryl methyl sites for hydroxylation is 1. The molecule has 1 aliphatic carbocycles. The zero-order chi connectivity index (χ0) is 19.8. The zero-order valence-corrected chi connectivity index (χ0v) is 18.4. The molecule has 1 saturated heterocycles. The average Bonchev–Trinajstić information content (AvgIpc) is 2.71. The van der Waals surface area contributed by atoms with Crippen molar-refractivity contribution in [2.75, 3.05) is 51.3 Å². The van der Waals surface area contributed by atoms with Gasteiger partial charge in [-0.2, -0.15) is 0 Å². The minimum Gasteiger partial charge on any atom is -0.379 e. The van der Waals surface area contributed by atoms with Gasteiger partial charge in [0, 0.05) is 43.4 Å². The van der Waals surface area contributed by atoms with Crippen LogP contribution in [0.25, 0.3) is 0 Å². The summed E-state index contributed by atoms with van der Waals surface area (Å²) < 4.78 is 5.45. The van der Waals surface area contributed by atoms with E-state index >= 15 is 0 Å². The standard InChI is InChI=1S/C22H32ClN3OS/c1-18-8-9-20(23)16-21(18)24-22(28)26(17-19-6-3-2-4-7-19)11-5-10-25-12-14-27-15-13-25/h2-3,8-9,16,19H,4-7,10-15,17H2,1H3,(H,24,28). The number of hydrogen-bond donors (Lipinski definition) is 1. The lowest BCUT2D eigenvalue weighted by molar-refractivity contribution is 0.0367. The van der Waals surface area contributed by atoms with E-state index in [1.165, 1.54) is 12.8 Å². The molecule has 4 nitrogen and oxygen atoms in total. The molecule has 1 atom stereocenters. The van der Waals surface area contributed by atoms with Crippen molar-refractivity contribution in [1.82, 2.24) is 9.80 Å². The van der Waals surface area contributed by atoms with Gasteiger partial charge in [0.05, 0.1) is 13.2 Å². The van der Waals surface area contributed by atoms with Crippen LogP contribution in [0.3, 0.4) is 0 Å². The Kier molecular flexibility index (Phi) is 8.59. The Morgan fingerprint density at radius 3 is 2.89 bits per heavy atom. The number of nitrogens with one attached hydrogen (secondary N) is 1. The van der Waals surface area contributed by atoms with Gasteiger partial charge in [-0.25, -0.2) is 0 Å². The summed E-state index contributed by atoms with van der Waals surface area (Å²) >= 11 is 12.0. The lowest BCUT2D eigenvalue weighted by Crippen LogP contribution is -2.42. The van der Waals surface area contributed by atoms with Crippen LogP contribution in [0.1, 0.15) is 31.2 Å². The lowest BCUT2D eigenvalue weighted by atomic mass is 9.94. The Morgan fingerprint density at radius 1 is 1.32 bits per heavy atom. The number of rotatable bonds is 7. The fourth-order valence-electron chi connectivity index (χ4n) is 3.84. The van der Waals surface area contributed by atoms with Gasteiger partial charge in [0.15, 0.2) is 5.11 Å². The molecule has 1 unspecified atom stereocenters. The molecule has 0 radical (unpaired) electrons. The molecular formula is C22H32ClN3OS. The minimum absolute atomic E-state index is 0.675. The summed E-state index contributed by atoms with van der Waals surface area (Å²) in [4.78, 5) is 4.85. The first-order chi connectivity index (χ1) is 13.6. The third kappa shape index (κ3) is 6.73. The first-order valence-corrected chi connectivity index (χ1v) is 11.2. The van der Waals surface area contributed by atoms with Gasteiger partial charge in [-0.3, -0.25) is 4.90 Å². The fourth-order valence-corrected chi connectivity index (χ4v) is 4.29. The van der Waals surface area contributed by atoms with Gasteiger partial charge in [0.2, 0.25) is 0 Å². The largest absolute Gasteiger partial charge is 0.379 e. The second-order valence-corrected chi connectivity index (χ2v) is 8.62. The first kappa shape index (κ1) is 21.6. The molecule has 1 aromatic carbocycles. The minimum atomic E-state index is 0.675. The molecule has 1 aliphatic heterocycles. The van der Waals surface area contributed by atoms with E-state index in [4.69, 9.17) is 28.6 Å². The number of allylic oxidation sites excluding steroid dienone is 2. The Bertz CT molecular complexity index is 676. The third-order valence-corrected chi connectivity index (χ3v) is 6.19. The SMILES string of the molecule is Cc1ccc(Cl)cc1NC(=S)N(CCCN1CCOCC1)CC1CC=CCC1. The number of hydrogen-bond acceptors (Lipinski definition) is 3. The van der Waals surface area contributed by atoms with Crippen LogP contribution in [0.4, 0.5) is 5.69 Å². The molecule has 1 N–H and O–H groups in total. The third-order valence-electron chi connectivity index (χ3n) is 5.59. The van der Waals surface area contributed by atoms with Gasteiger partial charge >= 0.3 is 0 Å². The molecule has 0 bridgehead atoms. The maximum absolute atomic E-state index is 6.18. The topological polar surface area (TPSA) is 27.7 Å². The van der Waals surface area contributed by atoms with Crippen LogP contribution >= 0.6 is 23.8 Å². The van der Waals surface area contributed by atoms with Gasteiger partial charge < -0.3 is 15.0 Å². The van der Waals surface area contributed by atoms with E-state index in [2.05, 4.69) is 34.2 Å². The quantitative estimate of drug-likeness (QED) is 0.507. The Hall–Kier alpha value is -1.14. The van der Waals surface area contributed by atoms with E-state index in [9.17, 15) is 0 Å². The predicted octanol–water partition coefficient (Wildman–Crippen LogP) is 4.73. The van der Waals surface area contributed by atoms with Crippen molar-refractivity contribution >= 4 is 34.6 Å². The Morgan fingerprint density at radius 2 is 2.14 bits per heavy atom. The summed E-state index contributed by atoms with van der Waals surface area (Å²) in [6, 6.07) is 5.90. The molecule has 0 saturated carbocycles. The van der Waals surface area contributed by atoms with Gasteiger partial charge in [-0.05, 0) is 68.4 Å². The van der Waals surface area contributed by atoms with Crippen LogP contribution in [-0.2, 0) is 4.74 Å². The van der Waals surface area contributed by atoms with E-state index in [0.717, 1.165) is 80.2 Å². The molecule has 1 heterocycles. The van der Waals surface area contributed by atoms with Crippen LogP contribution in [0.2, 0.25) is 5.02 Å². The molecule has 1 fully saturated rings. The summed E-state index contributed by atoms with van der Waals surface area (Å²) in [5.74, 6) is 0.675. The number of halogens is 1. The van der Waals surface area contributed by atoms with Crippen molar-refractivity contribution < 1.29 is 4.74 Å². The lowest BCUT2D eigenvalue weighted by Gasteiger charge is -2.32. The van der Waals surface area contributed by atoms with Gasteiger partial charge in [0.25, 0.3) is 0 Å². The second kappa shape index (κ2) is 11.1. The molecule has 0 aromatic heterocycles. The molecule has 3 rings (SSSR count). The molecule has 154 valence electrons. The maximum atomic E-state index is 6.18. The highest BCUT2D eigenvalue weighted by atomic mass is 35.5. The van der Waals surface area contributed by atoms with Crippen LogP contribution in [0, 0.1) is 12.8 Å². The molecule has 0 amide bonds.